The first-order chi connectivity index (χ1) is 9.45. The van der Waals surface area contributed by atoms with Gasteiger partial charge in [-0.3, -0.25) is 20.7 Å². The first-order valence-electron chi connectivity index (χ1n) is 5.12. The van der Waals surface area contributed by atoms with E-state index in [1.54, 1.807) is 0 Å². The maximum Gasteiger partial charge on any atom is 0.314 e. The molecule has 0 bridgehead atoms. The molecule has 1 heterocycles. The van der Waals surface area contributed by atoms with Gasteiger partial charge >= 0.3 is 5.69 Å². The molecule has 0 spiro atoms. The van der Waals surface area contributed by atoms with Gasteiger partial charge in [0.05, 0.1) is 11.1 Å². The highest BCUT2D eigenvalue weighted by atomic mass is 32.2. The summed E-state index contributed by atoms with van der Waals surface area (Å²) in [5, 5.41) is 14.4. The van der Waals surface area contributed by atoms with Crippen LogP contribution >= 0.6 is 0 Å². The van der Waals surface area contributed by atoms with Crippen molar-refractivity contribution in [2.24, 2.45) is 5.84 Å². The van der Waals surface area contributed by atoms with Crippen LogP contribution in [0.25, 0.3) is 0 Å². The number of benzene rings is 1. The van der Waals surface area contributed by atoms with E-state index in [4.69, 9.17) is 5.84 Å². The molecule has 4 N–H and O–H groups in total. The first kappa shape index (κ1) is 13.8. The van der Waals surface area contributed by atoms with Gasteiger partial charge in [-0.2, -0.15) is 0 Å². The van der Waals surface area contributed by atoms with Crippen LogP contribution in [-0.2, 0) is 10.0 Å². The second kappa shape index (κ2) is 5.14. The van der Waals surface area contributed by atoms with Crippen molar-refractivity contribution >= 4 is 27.1 Å². The van der Waals surface area contributed by atoms with E-state index in [1.165, 1.54) is 12.1 Å². The minimum absolute atomic E-state index is 0.0467. The lowest BCUT2D eigenvalue weighted by Crippen LogP contribution is -2.16. The molecule has 0 amide bonds. The number of nitro groups is 1. The first-order valence-corrected chi connectivity index (χ1v) is 6.60. The lowest BCUT2D eigenvalue weighted by molar-refractivity contribution is -0.386. The zero-order chi connectivity index (χ0) is 14.8. The number of hydrogen-bond acceptors (Lipinski definition) is 8. The number of sulfonamides is 1. The fraction of sp³-hybridized carbons (Fsp3) is 0. The molecule has 2 aromatic rings. The molecule has 0 aliphatic carbocycles. The van der Waals surface area contributed by atoms with Gasteiger partial charge in [-0.05, 0) is 12.1 Å². The fourth-order valence-corrected chi connectivity index (χ4v) is 2.73. The largest absolute Gasteiger partial charge is 0.362 e. The van der Waals surface area contributed by atoms with Crippen LogP contribution in [-0.4, -0.2) is 18.5 Å². The van der Waals surface area contributed by atoms with Crippen LogP contribution in [0.2, 0.25) is 0 Å². The molecule has 1 aromatic carbocycles. The average molecular weight is 299 g/mol. The summed E-state index contributed by atoms with van der Waals surface area (Å²) in [5.41, 5.74) is 1.35. The van der Waals surface area contributed by atoms with Crippen LogP contribution < -0.4 is 16.0 Å². The summed E-state index contributed by atoms with van der Waals surface area (Å²) in [7, 11) is -4.18. The number of nitrogens with zero attached hydrogens (tertiary/aromatic N) is 2. The zero-order valence-electron chi connectivity index (χ0n) is 9.81. The summed E-state index contributed by atoms with van der Waals surface area (Å²) in [6, 6.07) is 3.70. The fourth-order valence-electron chi connectivity index (χ4n) is 1.51. The van der Waals surface area contributed by atoms with E-state index in [9.17, 15) is 18.5 Å². The van der Waals surface area contributed by atoms with Crippen LogP contribution in [0.5, 0.6) is 0 Å². The number of aromatic nitrogens is 1. The van der Waals surface area contributed by atoms with Crippen molar-refractivity contribution in [1.82, 2.24) is 5.16 Å². The monoisotopic (exact) mass is 299 g/mol. The van der Waals surface area contributed by atoms with Gasteiger partial charge in [-0.25, -0.2) is 8.42 Å². The van der Waals surface area contributed by atoms with E-state index >= 15 is 0 Å². The molecule has 0 unspecified atom stereocenters. The molecule has 2 rings (SSSR count). The van der Waals surface area contributed by atoms with Crippen LogP contribution in [0, 0.1) is 10.1 Å². The number of nitro benzene ring substituents is 1. The summed E-state index contributed by atoms with van der Waals surface area (Å²) in [6.07, 6.45) is 2.17. The van der Waals surface area contributed by atoms with E-state index in [0.29, 0.717) is 0 Å². The average Bonchev–Trinajstić information content (AvgIpc) is 2.89. The number of hydrazine groups is 1. The van der Waals surface area contributed by atoms with Crippen molar-refractivity contribution in [3.05, 3.63) is 40.8 Å². The van der Waals surface area contributed by atoms with Crippen molar-refractivity contribution in [2.45, 2.75) is 4.90 Å². The minimum Gasteiger partial charge on any atom is -0.362 e. The highest BCUT2D eigenvalue weighted by Crippen LogP contribution is 2.32. The maximum atomic E-state index is 12.1. The predicted octanol–water partition coefficient (Wildman–Crippen LogP) is 0.669. The third-order valence-corrected chi connectivity index (χ3v) is 3.72. The van der Waals surface area contributed by atoms with E-state index in [1.807, 2.05) is 0 Å². The molecule has 0 aliphatic rings. The number of hydrogen-bond donors (Lipinski definition) is 3. The number of anilines is 2. The Morgan fingerprint density at radius 2 is 2.15 bits per heavy atom. The molecule has 0 saturated heterocycles. The highest BCUT2D eigenvalue weighted by molar-refractivity contribution is 7.92. The topological polar surface area (TPSA) is 153 Å². The molecule has 0 aliphatic heterocycles. The predicted molar refractivity (Wildman–Crippen MR) is 68.2 cm³/mol. The lowest BCUT2D eigenvalue weighted by atomic mass is 10.3. The Morgan fingerprint density at radius 3 is 2.70 bits per heavy atom. The van der Waals surface area contributed by atoms with Gasteiger partial charge in [0.2, 0.25) is 0 Å². The van der Waals surface area contributed by atoms with Gasteiger partial charge < -0.3 is 9.95 Å². The summed E-state index contributed by atoms with van der Waals surface area (Å²) in [5.74, 6) is 5.14. The van der Waals surface area contributed by atoms with Crippen molar-refractivity contribution in [3.8, 4) is 0 Å². The number of para-hydroxylation sites is 1. The molecule has 0 radical (unpaired) electrons. The lowest BCUT2D eigenvalue weighted by Gasteiger charge is -2.08. The van der Waals surface area contributed by atoms with E-state index < -0.39 is 25.5 Å². The van der Waals surface area contributed by atoms with Gasteiger partial charge in [0.15, 0.2) is 4.90 Å². The molecule has 0 saturated carbocycles. The zero-order valence-corrected chi connectivity index (χ0v) is 10.6. The van der Waals surface area contributed by atoms with Crippen molar-refractivity contribution in [2.75, 3.05) is 10.1 Å². The summed E-state index contributed by atoms with van der Waals surface area (Å²) in [4.78, 5) is 9.67. The minimum atomic E-state index is -4.18. The molecule has 0 fully saturated rings. The molecule has 10 nitrogen and oxygen atoms in total. The summed E-state index contributed by atoms with van der Waals surface area (Å²) >= 11 is 0. The standard InChI is InChI=1S/C9H9N5O5S/c10-12-7-2-1-3-8(9(7)14(15)16)20(17,18)13-6-4-11-19-5-6/h1-5,12-13H,10H2. The molecule has 106 valence electrons. The van der Waals surface area contributed by atoms with Gasteiger partial charge in [0.25, 0.3) is 10.0 Å². The highest BCUT2D eigenvalue weighted by Gasteiger charge is 2.29. The summed E-state index contributed by atoms with van der Waals surface area (Å²) < 4.78 is 30.9. The van der Waals surface area contributed by atoms with Gasteiger partial charge in [-0.1, -0.05) is 11.2 Å². The Kier molecular flexibility index (Phi) is 3.54. The molecule has 1 aromatic heterocycles. The number of nitrogen functional groups attached to an aromatic ring is 1. The van der Waals surface area contributed by atoms with E-state index in [0.717, 1.165) is 18.5 Å². The molecule has 20 heavy (non-hydrogen) atoms. The van der Waals surface area contributed by atoms with Crippen LogP contribution in [0.3, 0.4) is 0 Å². The van der Waals surface area contributed by atoms with Crippen LogP contribution in [0.1, 0.15) is 0 Å². The molecule has 0 atom stereocenters. The maximum absolute atomic E-state index is 12.1. The SMILES string of the molecule is NNc1cccc(S(=O)(=O)Nc2cnoc2)c1[N+](=O)[O-]. The van der Waals surface area contributed by atoms with Crippen molar-refractivity contribution in [3.63, 3.8) is 0 Å². The normalized spacial score (nSPS) is 11.1. The van der Waals surface area contributed by atoms with Gasteiger partial charge in [0, 0.05) is 0 Å². The van der Waals surface area contributed by atoms with Crippen LogP contribution in [0.4, 0.5) is 17.1 Å². The Bertz CT molecular complexity index is 727. The Balaban J connectivity index is 2.54. The summed E-state index contributed by atoms with van der Waals surface area (Å²) in [6.45, 7) is 0. The molecular weight excluding hydrogens is 290 g/mol. The van der Waals surface area contributed by atoms with E-state index in [2.05, 4.69) is 19.8 Å². The Hall–Kier alpha value is -2.66. The number of nitrogens with one attached hydrogen (secondary N) is 2. The van der Waals surface area contributed by atoms with Crippen LogP contribution in [0.15, 0.2) is 40.1 Å². The molecule has 11 heteroatoms. The number of nitrogens with two attached hydrogens (primary N) is 1. The third-order valence-electron chi connectivity index (χ3n) is 2.31. The Labute approximate surface area is 112 Å². The molecular formula is C9H9N5O5S. The smallest absolute Gasteiger partial charge is 0.314 e. The number of rotatable bonds is 5. The van der Waals surface area contributed by atoms with E-state index in [-0.39, 0.29) is 11.4 Å². The quantitative estimate of drug-likeness (QED) is 0.413. The van der Waals surface area contributed by atoms with Crippen molar-refractivity contribution in [1.29, 1.82) is 0 Å². The second-order valence-corrected chi connectivity index (χ2v) is 5.22. The van der Waals surface area contributed by atoms with Gasteiger partial charge in [0.1, 0.15) is 17.6 Å². The van der Waals surface area contributed by atoms with Crippen molar-refractivity contribution < 1.29 is 17.9 Å². The van der Waals surface area contributed by atoms with Gasteiger partial charge in [-0.15, -0.1) is 0 Å². The third kappa shape index (κ3) is 2.53. The second-order valence-electron chi connectivity index (χ2n) is 3.57. The Morgan fingerprint density at radius 1 is 1.40 bits per heavy atom.